The number of carbonyl (C=O) groups is 3. The molecule has 2 aromatic carbocycles. The molecule has 0 spiro atoms. The number of ketones is 2. The summed E-state index contributed by atoms with van der Waals surface area (Å²) in [5.41, 5.74) is 1.60. The maximum Gasteiger partial charge on any atom is 0.255 e. The quantitative estimate of drug-likeness (QED) is 0.311. The van der Waals surface area contributed by atoms with Gasteiger partial charge in [-0.1, -0.05) is 18.2 Å². The zero-order valence-electron chi connectivity index (χ0n) is 19.7. The van der Waals surface area contributed by atoms with Crippen LogP contribution in [-0.2, 0) is 26.0 Å². The van der Waals surface area contributed by atoms with E-state index in [-0.39, 0.29) is 54.9 Å². The number of aliphatic hydroxyl groups excluding tert-OH is 1. The van der Waals surface area contributed by atoms with E-state index in [1.807, 2.05) is 0 Å². The van der Waals surface area contributed by atoms with E-state index in [1.165, 1.54) is 10.4 Å². The Morgan fingerprint density at radius 1 is 1.11 bits per heavy atom. The summed E-state index contributed by atoms with van der Waals surface area (Å²) in [4.78, 5) is 41.1. The number of piperazine rings is 1. The van der Waals surface area contributed by atoms with Gasteiger partial charge >= 0.3 is 0 Å². The highest BCUT2D eigenvalue weighted by atomic mass is 32.2. The maximum absolute atomic E-state index is 13.8. The second-order valence-electron chi connectivity index (χ2n) is 9.64. The number of hydrogen-bond acceptors (Lipinski definition) is 10. The van der Waals surface area contributed by atoms with Crippen LogP contribution in [0.2, 0.25) is 0 Å². The monoisotopic (exact) mass is 531 g/mol. The zero-order valence-corrected chi connectivity index (χ0v) is 20.5. The van der Waals surface area contributed by atoms with Crippen molar-refractivity contribution in [3.05, 3.63) is 46.7 Å². The number of sulfonamides is 1. The number of fused-ring (bicyclic) bond motifs is 3. The largest absolute Gasteiger partial charge is 0.508 e. The highest BCUT2D eigenvalue weighted by Crippen LogP contribution is 2.49. The van der Waals surface area contributed by atoms with Crippen molar-refractivity contribution in [2.45, 2.75) is 18.1 Å². The number of primary amides is 1. The smallest absolute Gasteiger partial charge is 0.255 e. The molecule has 2 aromatic rings. The molecule has 5 rings (SSSR count). The number of phenolic OH excluding ortho intramolecular Hbond substituents is 2. The first-order valence-corrected chi connectivity index (χ1v) is 13.3. The van der Waals surface area contributed by atoms with Crippen molar-refractivity contribution in [3.8, 4) is 11.5 Å². The number of aliphatic hydroxyl groups is 2. The van der Waals surface area contributed by atoms with E-state index in [0.29, 0.717) is 5.39 Å². The van der Waals surface area contributed by atoms with Crippen LogP contribution in [0.1, 0.15) is 15.9 Å². The minimum atomic E-state index is -3.49. The van der Waals surface area contributed by atoms with Gasteiger partial charge in [0.1, 0.15) is 22.8 Å². The lowest BCUT2D eigenvalue weighted by Gasteiger charge is -2.49. The Morgan fingerprint density at radius 3 is 2.35 bits per heavy atom. The number of nitrogens with two attached hydrogens (primary N) is 1. The summed E-state index contributed by atoms with van der Waals surface area (Å²) in [6.07, 6.45) is 0.903. The Bertz CT molecular complexity index is 1530. The maximum atomic E-state index is 13.8. The summed E-state index contributed by atoms with van der Waals surface area (Å²) in [5.74, 6) is -6.75. The van der Waals surface area contributed by atoms with Gasteiger partial charge in [-0.15, -0.1) is 0 Å². The molecule has 1 aliphatic heterocycles. The van der Waals surface area contributed by atoms with Crippen molar-refractivity contribution >= 4 is 38.3 Å². The van der Waals surface area contributed by atoms with Gasteiger partial charge in [0, 0.05) is 32.1 Å². The number of nitrogens with zero attached hydrogens (tertiary/aromatic N) is 2. The summed E-state index contributed by atoms with van der Waals surface area (Å²) in [5, 5.41) is 44.3. The number of rotatable bonds is 3. The van der Waals surface area contributed by atoms with Crippen molar-refractivity contribution in [1.82, 2.24) is 9.21 Å². The summed E-state index contributed by atoms with van der Waals surface area (Å²) in [7, 11) is -3.49. The van der Waals surface area contributed by atoms with Crippen molar-refractivity contribution in [2.75, 3.05) is 32.4 Å². The molecular weight excluding hydrogens is 506 g/mol. The minimum Gasteiger partial charge on any atom is -0.508 e. The van der Waals surface area contributed by atoms with Crippen molar-refractivity contribution in [3.63, 3.8) is 0 Å². The van der Waals surface area contributed by atoms with Gasteiger partial charge in [0.15, 0.2) is 11.4 Å². The predicted molar refractivity (Wildman–Crippen MR) is 129 cm³/mol. The fourth-order valence-electron chi connectivity index (χ4n) is 5.86. The fourth-order valence-corrected chi connectivity index (χ4v) is 6.69. The first-order valence-electron chi connectivity index (χ1n) is 11.5. The zero-order chi connectivity index (χ0) is 27.0. The topological polar surface area (TPSA) is 199 Å². The number of hydrogen-bond donors (Lipinski definition) is 5. The van der Waals surface area contributed by atoms with Crippen LogP contribution in [0.3, 0.4) is 0 Å². The van der Waals surface area contributed by atoms with Crippen LogP contribution in [0.5, 0.6) is 11.5 Å². The first-order chi connectivity index (χ1) is 17.3. The molecule has 3 atom stereocenters. The van der Waals surface area contributed by atoms with Gasteiger partial charge in [0.05, 0.1) is 23.2 Å². The first kappa shape index (κ1) is 25.1. The predicted octanol–water partition coefficient (Wildman–Crippen LogP) is -0.837. The Hall–Kier alpha value is -3.52. The van der Waals surface area contributed by atoms with Crippen LogP contribution < -0.4 is 5.73 Å². The average Bonchev–Trinajstić information content (AvgIpc) is 2.81. The number of carbonyl (C=O) groups excluding carboxylic acids is 3. The Balaban J connectivity index is 1.68. The molecule has 12 nitrogen and oxygen atoms in total. The molecule has 3 aliphatic rings. The summed E-state index contributed by atoms with van der Waals surface area (Å²) >= 11 is 0. The molecule has 6 N–H and O–H groups in total. The van der Waals surface area contributed by atoms with Gasteiger partial charge in [0.2, 0.25) is 15.8 Å². The minimum absolute atomic E-state index is 0.0319. The third-order valence-electron chi connectivity index (χ3n) is 7.62. The molecule has 0 radical (unpaired) electrons. The number of Topliss-reactive ketones (excluding diaryl/α,β-unsaturated/α-hetero) is 2. The third kappa shape index (κ3) is 3.53. The van der Waals surface area contributed by atoms with Crippen molar-refractivity contribution < 1.29 is 43.2 Å². The van der Waals surface area contributed by atoms with Crippen LogP contribution in [0, 0.1) is 5.92 Å². The Labute approximate surface area is 211 Å². The van der Waals surface area contributed by atoms with Gasteiger partial charge in [-0.3, -0.25) is 19.3 Å². The molecule has 0 saturated carbocycles. The standard InChI is InChI=1S/C24H25N3O9S/c1-37(35,36)27-7-5-26(6-8-27)18-13-10-12-9-11-3-2-4-14(28)15(11)19(29)16(12)21(31)24(13,34)22(32)17(20(18)30)23(25)33/h2-4,9,13,18,28-29,32,34H,5-8,10H2,1H3,(H2,25,33). The van der Waals surface area contributed by atoms with Crippen LogP contribution >= 0.6 is 0 Å². The Morgan fingerprint density at radius 2 is 1.76 bits per heavy atom. The lowest BCUT2D eigenvalue weighted by molar-refractivity contribution is -0.134. The third-order valence-corrected chi connectivity index (χ3v) is 8.93. The summed E-state index contributed by atoms with van der Waals surface area (Å²) in [6, 6.07) is 4.73. The molecule has 1 heterocycles. The molecular formula is C24H25N3O9S. The van der Waals surface area contributed by atoms with E-state index in [9.17, 15) is 43.2 Å². The molecule has 196 valence electrons. The Kier molecular flexibility index (Phi) is 5.60. The molecule has 0 aromatic heterocycles. The normalized spacial score (nSPS) is 27.3. The molecule has 1 saturated heterocycles. The van der Waals surface area contributed by atoms with Crippen LogP contribution in [-0.4, -0.2) is 99.6 Å². The molecule has 3 unspecified atom stereocenters. The average molecular weight is 532 g/mol. The number of benzene rings is 2. The van der Waals surface area contributed by atoms with Gasteiger partial charge in [0.25, 0.3) is 5.91 Å². The highest BCUT2D eigenvalue weighted by molar-refractivity contribution is 7.88. The molecule has 1 fully saturated rings. The van der Waals surface area contributed by atoms with E-state index in [1.54, 1.807) is 23.1 Å². The summed E-state index contributed by atoms with van der Waals surface area (Å²) < 4.78 is 25.1. The highest BCUT2D eigenvalue weighted by Gasteiger charge is 2.62. The lowest BCUT2D eigenvalue weighted by Crippen LogP contribution is -2.67. The number of aromatic hydroxyl groups is 2. The molecule has 1 amide bonds. The van der Waals surface area contributed by atoms with Gasteiger partial charge in [-0.05, 0) is 23.4 Å². The number of amides is 1. The second-order valence-corrected chi connectivity index (χ2v) is 11.6. The van der Waals surface area contributed by atoms with Gasteiger partial charge < -0.3 is 26.2 Å². The van der Waals surface area contributed by atoms with E-state index < -0.39 is 62.1 Å². The molecule has 37 heavy (non-hydrogen) atoms. The van der Waals surface area contributed by atoms with Crippen LogP contribution in [0.15, 0.2) is 35.6 Å². The number of phenols is 2. The van der Waals surface area contributed by atoms with Crippen molar-refractivity contribution in [2.24, 2.45) is 11.7 Å². The van der Waals surface area contributed by atoms with Gasteiger partial charge in [-0.25, -0.2) is 8.42 Å². The van der Waals surface area contributed by atoms with Gasteiger partial charge in [-0.2, -0.15) is 4.31 Å². The molecule has 0 bridgehead atoms. The SMILES string of the molecule is CS(=O)(=O)N1CCN(C2C(=O)C(C(N)=O)=C(O)C3(O)C(=O)c4c(cc5cccc(O)c5c4O)CC23)CC1. The molecule has 2 aliphatic carbocycles. The summed E-state index contributed by atoms with van der Waals surface area (Å²) in [6.45, 7) is 0.177. The second kappa shape index (κ2) is 8.25. The van der Waals surface area contributed by atoms with Crippen molar-refractivity contribution in [1.29, 1.82) is 0 Å². The van der Waals surface area contributed by atoms with E-state index in [0.717, 1.165) is 6.26 Å². The van der Waals surface area contributed by atoms with E-state index >= 15 is 0 Å². The lowest BCUT2D eigenvalue weighted by atomic mass is 9.61. The van der Waals surface area contributed by atoms with Crippen LogP contribution in [0.4, 0.5) is 0 Å². The molecule has 13 heteroatoms. The van der Waals surface area contributed by atoms with Crippen LogP contribution in [0.25, 0.3) is 10.8 Å². The fraction of sp³-hybridized carbons (Fsp3) is 0.375. The van der Waals surface area contributed by atoms with E-state index in [2.05, 4.69) is 0 Å². The van der Waals surface area contributed by atoms with E-state index in [4.69, 9.17) is 5.73 Å².